The van der Waals surface area contributed by atoms with Crippen LogP contribution >= 0.6 is 22.6 Å². The molecule has 7 heteroatoms. The summed E-state index contributed by atoms with van der Waals surface area (Å²) in [6, 6.07) is 9.73. The van der Waals surface area contributed by atoms with Gasteiger partial charge in [0.1, 0.15) is 0 Å². The average Bonchev–Trinajstić information content (AvgIpc) is 2.40. The fraction of sp³-hybridized carbons (Fsp3) is 0.154. The maximum atomic E-state index is 11.8. The first kappa shape index (κ1) is 14.5. The summed E-state index contributed by atoms with van der Waals surface area (Å²) in [5, 5.41) is 5.11. The summed E-state index contributed by atoms with van der Waals surface area (Å²) in [4.78, 5) is 34.3. The van der Waals surface area contributed by atoms with Gasteiger partial charge in [-0.3, -0.25) is 19.5 Å². The van der Waals surface area contributed by atoms with Crippen LogP contribution in [0.3, 0.4) is 0 Å². The Bertz CT molecular complexity index is 736. The Kier molecular flexibility index (Phi) is 4.72. The van der Waals surface area contributed by atoms with E-state index in [4.69, 9.17) is 0 Å². The van der Waals surface area contributed by atoms with Crippen LogP contribution in [0.4, 0.5) is 5.69 Å². The van der Waals surface area contributed by atoms with Gasteiger partial charge in [0.15, 0.2) is 0 Å². The summed E-state index contributed by atoms with van der Waals surface area (Å²) in [7, 11) is 0. The number of carbonyl (C=O) groups is 1. The molecular formula is C13H12IN3O3. The zero-order chi connectivity index (χ0) is 14.5. The van der Waals surface area contributed by atoms with Gasteiger partial charge in [-0.1, -0.05) is 6.07 Å². The Morgan fingerprint density at radius 1 is 1.25 bits per heavy atom. The number of hydrogen-bond donors (Lipinski definition) is 2. The highest BCUT2D eigenvalue weighted by Crippen LogP contribution is 2.12. The highest BCUT2D eigenvalue weighted by Gasteiger charge is 2.04. The van der Waals surface area contributed by atoms with Gasteiger partial charge in [0.2, 0.25) is 5.91 Å². The van der Waals surface area contributed by atoms with Crippen molar-refractivity contribution in [3.63, 3.8) is 0 Å². The molecule has 0 saturated carbocycles. The first-order valence-corrected chi connectivity index (χ1v) is 6.98. The van der Waals surface area contributed by atoms with E-state index in [1.165, 1.54) is 6.07 Å². The number of aromatic amines is 1. The van der Waals surface area contributed by atoms with E-state index in [1.54, 1.807) is 6.07 Å². The maximum absolute atomic E-state index is 11.8. The topological polar surface area (TPSA) is 84.0 Å². The monoisotopic (exact) mass is 385 g/mol. The minimum atomic E-state index is -0.373. The third kappa shape index (κ3) is 4.05. The number of rotatable bonds is 4. The van der Waals surface area contributed by atoms with E-state index in [0.717, 1.165) is 14.3 Å². The number of benzene rings is 1. The first-order chi connectivity index (χ1) is 9.54. The van der Waals surface area contributed by atoms with E-state index in [-0.39, 0.29) is 30.0 Å². The van der Waals surface area contributed by atoms with Crippen LogP contribution in [0.25, 0.3) is 0 Å². The minimum Gasteiger partial charge on any atom is -0.326 e. The van der Waals surface area contributed by atoms with E-state index in [1.807, 2.05) is 18.2 Å². The lowest BCUT2D eigenvalue weighted by Crippen LogP contribution is -2.29. The minimum absolute atomic E-state index is 0.103. The second-order valence-corrected chi connectivity index (χ2v) is 5.35. The number of carbonyl (C=O) groups excluding carboxylic acids is 1. The molecule has 2 N–H and O–H groups in total. The Balaban J connectivity index is 1.97. The molecule has 1 aromatic carbocycles. The summed E-state index contributed by atoms with van der Waals surface area (Å²) >= 11 is 2.15. The lowest BCUT2D eigenvalue weighted by molar-refractivity contribution is -0.116. The number of halogens is 1. The molecule has 0 bridgehead atoms. The number of nitrogens with zero attached hydrogens (tertiary/aromatic N) is 1. The molecule has 0 aliphatic carbocycles. The number of aryl methyl sites for hydroxylation is 1. The molecule has 2 aromatic rings. The predicted molar refractivity (Wildman–Crippen MR) is 83.7 cm³/mol. The smallest absolute Gasteiger partial charge is 0.265 e. The number of H-pyrrole nitrogens is 1. The number of nitrogens with one attached hydrogen (secondary N) is 2. The van der Waals surface area contributed by atoms with Crippen LogP contribution < -0.4 is 16.4 Å². The van der Waals surface area contributed by atoms with Gasteiger partial charge in [0, 0.05) is 27.8 Å². The predicted octanol–water partition coefficient (Wildman–Crippen LogP) is 1.17. The van der Waals surface area contributed by atoms with Gasteiger partial charge >= 0.3 is 0 Å². The van der Waals surface area contributed by atoms with Crippen molar-refractivity contribution in [1.82, 2.24) is 9.78 Å². The van der Waals surface area contributed by atoms with Gasteiger partial charge < -0.3 is 5.32 Å². The van der Waals surface area contributed by atoms with Crippen LogP contribution in [-0.4, -0.2) is 15.7 Å². The van der Waals surface area contributed by atoms with Crippen LogP contribution in [-0.2, 0) is 11.3 Å². The van der Waals surface area contributed by atoms with Crippen molar-refractivity contribution in [1.29, 1.82) is 0 Å². The van der Waals surface area contributed by atoms with Gasteiger partial charge in [0.05, 0.1) is 6.54 Å². The van der Waals surface area contributed by atoms with Crippen LogP contribution in [0, 0.1) is 3.57 Å². The van der Waals surface area contributed by atoms with Gasteiger partial charge in [-0.05, 0) is 40.8 Å². The Morgan fingerprint density at radius 3 is 2.80 bits per heavy atom. The number of aromatic nitrogens is 2. The van der Waals surface area contributed by atoms with Crippen molar-refractivity contribution in [2.75, 3.05) is 5.32 Å². The van der Waals surface area contributed by atoms with E-state index in [9.17, 15) is 14.4 Å². The molecule has 0 spiro atoms. The van der Waals surface area contributed by atoms with Crippen LogP contribution in [0.2, 0.25) is 0 Å². The molecule has 0 aliphatic rings. The quantitative estimate of drug-likeness (QED) is 0.776. The van der Waals surface area contributed by atoms with Crippen molar-refractivity contribution in [2.45, 2.75) is 13.0 Å². The highest BCUT2D eigenvalue weighted by atomic mass is 127. The summed E-state index contributed by atoms with van der Waals surface area (Å²) in [6.07, 6.45) is 0.103. The zero-order valence-electron chi connectivity index (χ0n) is 10.4. The third-order valence-electron chi connectivity index (χ3n) is 2.56. The second-order valence-electron chi connectivity index (χ2n) is 4.11. The summed E-state index contributed by atoms with van der Waals surface area (Å²) < 4.78 is 2.14. The molecule has 0 atom stereocenters. The second kappa shape index (κ2) is 6.51. The van der Waals surface area contributed by atoms with Gasteiger partial charge in [0.25, 0.3) is 11.1 Å². The molecule has 1 aromatic heterocycles. The SMILES string of the molecule is O=C(CCn1[nH]c(=O)ccc1=O)Nc1cccc(I)c1. The van der Waals surface area contributed by atoms with Crippen LogP contribution in [0.5, 0.6) is 0 Å². The molecule has 0 aliphatic heterocycles. The van der Waals surface area contributed by atoms with E-state index >= 15 is 0 Å². The Labute approximate surface area is 127 Å². The molecule has 2 rings (SSSR count). The summed E-state index contributed by atoms with van der Waals surface area (Å²) in [5.41, 5.74) is -0.00918. The molecule has 0 fully saturated rings. The van der Waals surface area contributed by atoms with Crippen molar-refractivity contribution >= 4 is 34.2 Å². The molecule has 6 nitrogen and oxygen atoms in total. The normalized spacial score (nSPS) is 10.2. The molecule has 0 radical (unpaired) electrons. The standard InChI is InChI=1S/C13H12IN3O3/c14-9-2-1-3-10(8-9)15-11(18)6-7-17-13(20)5-4-12(19)16-17/h1-5,8H,6-7H2,(H,15,18)(H,16,19). The van der Waals surface area contributed by atoms with E-state index in [2.05, 4.69) is 33.0 Å². The number of amides is 1. The molecule has 1 heterocycles. The number of anilines is 1. The largest absolute Gasteiger partial charge is 0.326 e. The number of hydrogen-bond acceptors (Lipinski definition) is 3. The first-order valence-electron chi connectivity index (χ1n) is 5.90. The lowest BCUT2D eigenvalue weighted by Gasteiger charge is -2.07. The van der Waals surface area contributed by atoms with Crippen molar-refractivity contribution in [3.8, 4) is 0 Å². The molecule has 0 unspecified atom stereocenters. The van der Waals surface area contributed by atoms with Crippen molar-refractivity contribution < 1.29 is 4.79 Å². The lowest BCUT2D eigenvalue weighted by atomic mass is 10.3. The van der Waals surface area contributed by atoms with Crippen molar-refractivity contribution in [3.05, 3.63) is 60.7 Å². The van der Waals surface area contributed by atoms with E-state index in [0.29, 0.717) is 5.69 Å². The van der Waals surface area contributed by atoms with Gasteiger partial charge in [-0.25, -0.2) is 4.68 Å². The Morgan fingerprint density at radius 2 is 2.05 bits per heavy atom. The summed E-state index contributed by atoms with van der Waals surface area (Å²) in [6.45, 7) is 0.130. The van der Waals surface area contributed by atoms with Crippen molar-refractivity contribution in [2.24, 2.45) is 0 Å². The van der Waals surface area contributed by atoms with Gasteiger partial charge in [-0.2, -0.15) is 0 Å². The third-order valence-corrected chi connectivity index (χ3v) is 3.23. The highest BCUT2D eigenvalue weighted by molar-refractivity contribution is 14.1. The molecule has 0 saturated heterocycles. The zero-order valence-corrected chi connectivity index (χ0v) is 12.6. The average molecular weight is 385 g/mol. The molecule has 104 valence electrons. The fourth-order valence-electron chi connectivity index (χ4n) is 1.63. The molecule has 20 heavy (non-hydrogen) atoms. The van der Waals surface area contributed by atoms with E-state index < -0.39 is 0 Å². The molecular weight excluding hydrogens is 373 g/mol. The Hall–Kier alpha value is -1.90. The molecule has 1 amide bonds. The van der Waals surface area contributed by atoms with Gasteiger partial charge in [-0.15, -0.1) is 0 Å². The summed E-state index contributed by atoms with van der Waals surface area (Å²) in [5.74, 6) is -0.219. The fourth-order valence-corrected chi connectivity index (χ4v) is 2.17. The van der Waals surface area contributed by atoms with Crippen LogP contribution in [0.15, 0.2) is 46.0 Å². The maximum Gasteiger partial charge on any atom is 0.265 e. The van der Waals surface area contributed by atoms with Crippen LogP contribution in [0.1, 0.15) is 6.42 Å².